The molecule has 1 fully saturated rings. The molecule has 1 aliphatic rings. The summed E-state index contributed by atoms with van der Waals surface area (Å²) in [7, 11) is 0. The number of nitrogen functional groups attached to an aromatic ring is 1. The molecule has 0 unspecified atom stereocenters. The lowest BCUT2D eigenvalue weighted by molar-refractivity contribution is -0.386. The van der Waals surface area contributed by atoms with Gasteiger partial charge in [0.15, 0.2) is 0 Å². The minimum Gasteiger partial charge on any atom is -0.482 e. The minimum atomic E-state index is -0.541. The second-order valence-electron chi connectivity index (χ2n) is 3.15. The van der Waals surface area contributed by atoms with Gasteiger partial charge in [-0.3, -0.25) is 15.1 Å². The molecule has 0 aromatic carbocycles. The first-order valence-corrected chi connectivity index (χ1v) is 4.23. The van der Waals surface area contributed by atoms with Crippen LogP contribution in [0.2, 0.25) is 0 Å². The third-order valence-corrected chi connectivity index (χ3v) is 1.91. The first kappa shape index (κ1) is 8.74. The predicted molar refractivity (Wildman–Crippen MR) is 49.0 cm³/mol. The van der Waals surface area contributed by atoms with E-state index >= 15 is 0 Å². The van der Waals surface area contributed by atoms with Gasteiger partial charge in [-0.05, 0) is 12.8 Å². The van der Waals surface area contributed by atoms with E-state index in [0.717, 1.165) is 19.0 Å². The van der Waals surface area contributed by atoms with Gasteiger partial charge in [0.25, 0.3) is 0 Å². The quantitative estimate of drug-likeness (QED) is 0.576. The van der Waals surface area contributed by atoms with Crippen molar-refractivity contribution in [2.24, 2.45) is 0 Å². The SMILES string of the molecule is Nc1cncc([N+](=O)[O-])c1OC1CC1. The topological polar surface area (TPSA) is 91.3 Å². The Morgan fingerprint density at radius 3 is 2.86 bits per heavy atom. The van der Waals surface area contributed by atoms with Crippen LogP contribution in [0.25, 0.3) is 0 Å². The molecule has 0 aliphatic heterocycles. The van der Waals surface area contributed by atoms with Crippen LogP contribution in [0.4, 0.5) is 11.4 Å². The van der Waals surface area contributed by atoms with Crippen molar-refractivity contribution in [3.8, 4) is 5.75 Å². The van der Waals surface area contributed by atoms with Gasteiger partial charge in [0.05, 0.1) is 17.2 Å². The number of pyridine rings is 1. The van der Waals surface area contributed by atoms with Crippen molar-refractivity contribution < 1.29 is 9.66 Å². The number of hydrogen-bond donors (Lipinski definition) is 1. The highest BCUT2D eigenvalue weighted by atomic mass is 16.6. The van der Waals surface area contributed by atoms with Crippen LogP contribution in [0.15, 0.2) is 12.4 Å². The van der Waals surface area contributed by atoms with E-state index in [-0.39, 0.29) is 23.2 Å². The van der Waals surface area contributed by atoms with Crippen molar-refractivity contribution >= 4 is 11.4 Å². The third-order valence-electron chi connectivity index (χ3n) is 1.91. The molecule has 0 atom stereocenters. The van der Waals surface area contributed by atoms with Crippen molar-refractivity contribution in [3.63, 3.8) is 0 Å². The Kier molecular flexibility index (Phi) is 1.95. The van der Waals surface area contributed by atoms with Gasteiger partial charge in [0.2, 0.25) is 5.75 Å². The van der Waals surface area contributed by atoms with Crippen molar-refractivity contribution in [1.29, 1.82) is 0 Å². The van der Waals surface area contributed by atoms with Crippen LogP contribution < -0.4 is 10.5 Å². The van der Waals surface area contributed by atoms with Gasteiger partial charge in [0, 0.05) is 0 Å². The smallest absolute Gasteiger partial charge is 0.331 e. The number of ether oxygens (including phenoxy) is 1. The van der Waals surface area contributed by atoms with Gasteiger partial charge in [-0.15, -0.1) is 0 Å². The summed E-state index contributed by atoms with van der Waals surface area (Å²) in [6.45, 7) is 0. The van der Waals surface area contributed by atoms with Crippen LogP contribution in [0.3, 0.4) is 0 Å². The van der Waals surface area contributed by atoms with E-state index in [2.05, 4.69) is 4.98 Å². The second-order valence-corrected chi connectivity index (χ2v) is 3.15. The number of nitro groups is 1. The molecule has 0 bridgehead atoms. The Morgan fingerprint density at radius 1 is 1.57 bits per heavy atom. The number of anilines is 1. The van der Waals surface area contributed by atoms with E-state index in [4.69, 9.17) is 10.5 Å². The zero-order chi connectivity index (χ0) is 10.1. The van der Waals surface area contributed by atoms with Crippen LogP contribution >= 0.6 is 0 Å². The summed E-state index contributed by atoms with van der Waals surface area (Å²) in [5, 5.41) is 10.6. The molecule has 1 aliphatic carbocycles. The van der Waals surface area contributed by atoms with E-state index in [0.29, 0.717) is 0 Å². The highest BCUT2D eigenvalue weighted by molar-refractivity contribution is 5.61. The maximum atomic E-state index is 10.6. The molecule has 0 saturated heterocycles. The lowest BCUT2D eigenvalue weighted by atomic mass is 10.3. The Balaban J connectivity index is 2.36. The monoisotopic (exact) mass is 195 g/mol. The van der Waals surface area contributed by atoms with Crippen LogP contribution in [0, 0.1) is 10.1 Å². The molecule has 2 rings (SSSR count). The van der Waals surface area contributed by atoms with Crippen molar-refractivity contribution in [2.45, 2.75) is 18.9 Å². The fourth-order valence-electron chi connectivity index (χ4n) is 1.06. The van der Waals surface area contributed by atoms with Crippen LogP contribution in [0.1, 0.15) is 12.8 Å². The third kappa shape index (κ3) is 1.59. The molecular weight excluding hydrogens is 186 g/mol. The highest BCUT2D eigenvalue weighted by Gasteiger charge is 2.28. The summed E-state index contributed by atoms with van der Waals surface area (Å²) in [6, 6.07) is 0. The van der Waals surface area contributed by atoms with Crippen LogP contribution in [-0.2, 0) is 0 Å². The molecule has 1 aromatic heterocycles. The molecule has 14 heavy (non-hydrogen) atoms. The summed E-state index contributed by atoms with van der Waals surface area (Å²) in [5.41, 5.74) is 5.59. The summed E-state index contributed by atoms with van der Waals surface area (Å²) in [4.78, 5) is 13.7. The summed E-state index contributed by atoms with van der Waals surface area (Å²) < 4.78 is 5.34. The van der Waals surface area contributed by atoms with Gasteiger partial charge in [-0.25, -0.2) is 0 Å². The predicted octanol–water partition coefficient (Wildman–Crippen LogP) is 1.11. The Labute approximate surface area is 79.8 Å². The average molecular weight is 195 g/mol. The van der Waals surface area contributed by atoms with E-state index < -0.39 is 4.92 Å². The van der Waals surface area contributed by atoms with Crippen LogP contribution in [-0.4, -0.2) is 16.0 Å². The number of aromatic nitrogens is 1. The summed E-state index contributed by atoms with van der Waals surface area (Å²) in [6.07, 6.45) is 4.44. The lowest BCUT2D eigenvalue weighted by Gasteiger charge is -2.06. The lowest BCUT2D eigenvalue weighted by Crippen LogP contribution is -2.04. The maximum absolute atomic E-state index is 10.6. The Bertz CT molecular complexity index is 376. The zero-order valence-corrected chi connectivity index (χ0v) is 7.34. The molecule has 1 aromatic rings. The largest absolute Gasteiger partial charge is 0.482 e. The normalized spacial score (nSPS) is 15.1. The van der Waals surface area contributed by atoms with Gasteiger partial charge >= 0.3 is 5.69 Å². The fraction of sp³-hybridized carbons (Fsp3) is 0.375. The molecule has 0 radical (unpaired) electrons. The van der Waals surface area contributed by atoms with Crippen molar-refractivity contribution in [3.05, 3.63) is 22.5 Å². The molecule has 74 valence electrons. The Hall–Kier alpha value is -1.85. The first-order chi connectivity index (χ1) is 6.68. The fourth-order valence-corrected chi connectivity index (χ4v) is 1.06. The maximum Gasteiger partial charge on any atom is 0.331 e. The summed E-state index contributed by atoms with van der Waals surface area (Å²) >= 11 is 0. The number of rotatable bonds is 3. The van der Waals surface area contributed by atoms with Gasteiger partial charge in [-0.1, -0.05) is 0 Å². The number of hydrogen-bond acceptors (Lipinski definition) is 5. The summed E-state index contributed by atoms with van der Waals surface area (Å²) in [5.74, 6) is 0.146. The van der Waals surface area contributed by atoms with Crippen molar-refractivity contribution in [1.82, 2.24) is 4.98 Å². The molecule has 0 amide bonds. The first-order valence-electron chi connectivity index (χ1n) is 4.23. The van der Waals surface area contributed by atoms with E-state index in [9.17, 15) is 10.1 Å². The van der Waals surface area contributed by atoms with Gasteiger partial charge < -0.3 is 10.5 Å². The molecule has 6 heteroatoms. The zero-order valence-electron chi connectivity index (χ0n) is 7.34. The number of nitrogens with two attached hydrogens (primary N) is 1. The van der Waals surface area contributed by atoms with E-state index in [1.165, 1.54) is 6.20 Å². The van der Waals surface area contributed by atoms with E-state index in [1.54, 1.807) is 0 Å². The molecule has 1 heterocycles. The van der Waals surface area contributed by atoms with Crippen LogP contribution in [0.5, 0.6) is 5.75 Å². The molecule has 0 spiro atoms. The van der Waals surface area contributed by atoms with Gasteiger partial charge in [0.1, 0.15) is 11.9 Å². The highest BCUT2D eigenvalue weighted by Crippen LogP contribution is 2.36. The number of nitrogens with zero attached hydrogens (tertiary/aromatic N) is 2. The van der Waals surface area contributed by atoms with E-state index in [1.807, 2.05) is 0 Å². The molecule has 1 saturated carbocycles. The minimum absolute atomic E-state index is 0.0819. The standard InChI is InChI=1S/C8H9N3O3/c9-6-3-10-4-7(11(12)13)8(6)14-5-1-2-5/h3-5H,1-2,9H2. The molecule has 2 N–H and O–H groups in total. The molecule has 6 nitrogen and oxygen atoms in total. The Morgan fingerprint density at radius 2 is 2.29 bits per heavy atom. The molecular formula is C8H9N3O3. The van der Waals surface area contributed by atoms with Crippen molar-refractivity contribution in [2.75, 3.05) is 5.73 Å². The second kappa shape index (κ2) is 3.13. The average Bonchev–Trinajstić information content (AvgIpc) is 2.91. The van der Waals surface area contributed by atoms with Gasteiger partial charge in [-0.2, -0.15) is 0 Å².